The molecule has 2 atom stereocenters. The molecule has 112 valence electrons. The number of rotatable bonds is 7. The first-order valence-corrected chi connectivity index (χ1v) is 7.97. The highest BCUT2D eigenvalue weighted by Crippen LogP contribution is 2.54. The zero-order valence-corrected chi connectivity index (χ0v) is 12.9. The van der Waals surface area contributed by atoms with Crippen LogP contribution in [0.25, 0.3) is 0 Å². The van der Waals surface area contributed by atoms with Crippen molar-refractivity contribution in [2.45, 2.75) is 51.0 Å². The second-order valence-corrected chi connectivity index (χ2v) is 6.23. The molecule has 1 aliphatic rings. The van der Waals surface area contributed by atoms with E-state index in [-0.39, 0.29) is 0 Å². The van der Waals surface area contributed by atoms with Gasteiger partial charge in [0.15, 0.2) is 5.89 Å². The van der Waals surface area contributed by atoms with Gasteiger partial charge in [0.05, 0.1) is 6.20 Å². The molecule has 3 rings (SSSR count). The van der Waals surface area contributed by atoms with Gasteiger partial charge in [0, 0.05) is 18.4 Å². The first-order chi connectivity index (χ1) is 10.2. The second kappa shape index (κ2) is 6.44. The standard InChI is InChI=1S/C18H24N2O/c1-13(2)19-10-6-9-18-20-12-17(21-18)16-11-15(16)14-7-4-3-5-8-14/h3-5,7-8,12-13,15-16,19H,6,9-11H2,1-2H3. The van der Waals surface area contributed by atoms with Crippen LogP contribution in [0.2, 0.25) is 0 Å². The van der Waals surface area contributed by atoms with Crippen LogP contribution in [0.5, 0.6) is 0 Å². The molecule has 0 aliphatic heterocycles. The van der Waals surface area contributed by atoms with Crippen molar-refractivity contribution in [3.8, 4) is 0 Å². The van der Waals surface area contributed by atoms with E-state index in [2.05, 4.69) is 54.5 Å². The highest BCUT2D eigenvalue weighted by molar-refractivity contribution is 5.31. The molecule has 21 heavy (non-hydrogen) atoms. The Labute approximate surface area is 126 Å². The fourth-order valence-corrected chi connectivity index (χ4v) is 2.82. The lowest BCUT2D eigenvalue weighted by molar-refractivity contribution is 0.443. The van der Waals surface area contributed by atoms with E-state index in [4.69, 9.17) is 4.42 Å². The summed E-state index contributed by atoms with van der Waals surface area (Å²) >= 11 is 0. The molecule has 0 bridgehead atoms. The summed E-state index contributed by atoms with van der Waals surface area (Å²) in [4.78, 5) is 4.43. The molecule has 1 aliphatic carbocycles. The number of aryl methyl sites for hydroxylation is 1. The van der Waals surface area contributed by atoms with Gasteiger partial charge in [0.2, 0.25) is 0 Å². The molecule has 1 aromatic carbocycles. The van der Waals surface area contributed by atoms with Gasteiger partial charge in [-0.05, 0) is 30.9 Å². The normalized spacial score (nSPS) is 20.9. The van der Waals surface area contributed by atoms with Gasteiger partial charge in [-0.15, -0.1) is 0 Å². The average Bonchev–Trinajstić information content (AvgIpc) is 3.16. The number of aromatic nitrogens is 1. The van der Waals surface area contributed by atoms with Gasteiger partial charge in [-0.25, -0.2) is 4.98 Å². The van der Waals surface area contributed by atoms with Crippen LogP contribution >= 0.6 is 0 Å². The molecule has 0 spiro atoms. The smallest absolute Gasteiger partial charge is 0.194 e. The third-order valence-electron chi connectivity index (χ3n) is 4.08. The van der Waals surface area contributed by atoms with Gasteiger partial charge < -0.3 is 9.73 Å². The maximum atomic E-state index is 5.93. The highest BCUT2D eigenvalue weighted by Gasteiger charge is 2.41. The molecule has 0 saturated heterocycles. The first-order valence-electron chi connectivity index (χ1n) is 7.97. The van der Waals surface area contributed by atoms with E-state index in [0.717, 1.165) is 31.0 Å². The van der Waals surface area contributed by atoms with Gasteiger partial charge in [-0.2, -0.15) is 0 Å². The van der Waals surface area contributed by atoms with Crippen molar-refractivity contribution in [2.75, 3.05) is 6.54 Å². The third kappa shape index (κ3) is 3.73. The topological polar surface area (TPSA) is 38.1 Å². The molecule has 1 saturated carbocycles. The van der Waals surface area contributed by atoms with E-state index in [1.807, 2.05) is 6.20 Å². The lowest BCUT2D eigenvalue weighted by atomic mass is 10.1. The van der Waals surface area contributed by atoms with Crippen LogP contribution in [-0.4, -0.2) is 17.6 Å². The summed E-state index contributed by atoms with van der Waals surface area (Å²) in [6.07, 6.45) is 5.11. The fraction of sp³-hybridized carbons (Fsp3) is 0.500. The Morgan fingerprint density at radius 2 is 2.05 bits per heavy atom. The van der Waals surface area contributed by atoms with E-state index < -0.39 is 0 Å². The van der Waals surface area contributed by atoms with Crippen molar-refractivity contribution < 1.29 is 4.42 Å². The summed E-state index contributed by atoms with van der Waals surface area (Å²) in [6.45, 7) is 5.35. The molecule has 1 aromatic heterocycles. The molecular formula is C18H24N2O. The zero-order valence-electron chi connectivity index (χ0n) is 12.9. The van der Waals surface area contributed by atoms with Gasteiger partial charge >= 0.3 is 0 Å². The summed E-state index contributed by atoms with van der Waals surface area (Å²) < 4.78 is 5.93. The second-order valence-electron chi connectivity index (χ2n) is 6.23. The molecule has 1 N–H and O–H groups in total. The zero-order chi connectivity index (χ0) is 14.7. The maximum Gasteiger partial charge on any atom is 0.194 e. The fourth-order valence-electron chi connectivity index (χ4n) is 2.82. The van der Waals surface area contributed by atoms with Gasteiger partial charge in [-0.3, -0.25) is 0 Å². The van der Waals surface area contributed by atoms with E-state index in [1.165, 1.54) is 12.0 Å². The minimum Gasteiger partial charge on any atom is -0.445 e. The van der Waals surface area contributed by atoms with Crippen molar-refractivity contribution >= 4 is 0 Å². The Morgan fingerprint density at radius 3 is 2.81 bits per heavy atom. The number of hydrogen-bond donors (Lipinski definition) is 1. The van der Waals surface area contributed by atoms with Crippen molar-refractivity contribution in [3.05, 3.63) is 53.7 Å². The largest absolute Gasteiger partial charge is 0.445 e. The minimum absolute atomic E-state index is 0.530. The van der Waals surface area contributed by atoms with Crippen LogP contribution in [0.4, 0.5) is 0 Å². The third-order valence-corrected chi connectivity index (χ3v) is 4.08. The van der Waals surface area contributed by atoms with Crippen LogP contribution in [-0.2, 0) is 6.42 Å². The molecule has 0 radical (unpaired) electrons. The number of hydrogen-bond acceptors (Lipinski definition) is 3. The van der Waals surface area contributed by atoms with Crippen LogP contribution < -0.4 is 5.32 Å². The van der Waals surface area contributed by atoms with Crippen LogP contribution in [0.1, 0.15) is 55.7 Å². The van der Waals surface area contributed by atoms with E-state index >= 15 is 0 Å². The SMILES string of the molecule is CC(C)NCCCc1ncc(C2CC2c2ccccc2)o1. The summed E-state index contributed by atoms with van der Waals surface area (Å²) in [7, 11) is 0. The molecule has 2 unspecified atom stereocenters. The monoisotopic (exact) mass is 284 g/mol. The predicted molar refractivity (Wildman–Crippen MR) is 84.5 cm³/mol. The molecule has 2 aromatic rings. The number of oxazole rings is 1. The summed E-state index contributed by atoms with van der Waals surface area (Å²) in [6, 6.07) is 11.2. The number of benzene rings is 1. The summed E-state index contributed by atoms with van der Waals surface area (Å²) in [5.41, 5.74) is 1.42. The molecule has 3 heteroatoms. The maximum absolute atomic E-state index is 5.93. The molecule has 3 nitrogen and oxygen atoms in total. The number of nitrogens with zero attached hydrogens (tertiary/aromatic N) is 1. The van der Waals surface area contributed by atoms with Crippen LogP contribution in [0, 0.1) is 0 Å². The Balaban J connectivity index is 1.50. The minimum atomic E-state index is 0.530. The molecular weight excluding hydrogens is 260 g/mol. The average molecular weight is 284 g/mol. The van der Waals surface area contributed by atoms with Crippen LogP contribution in [0.3, 0.4) is 0 Å². The number of nitrogens with one attached hydrogen (secondary N) is 1. The van der Waals surface area contributed by atoms with Crippen molar-refractivity contribution in [1.29, 1.82) is 0 Å². The quantitative estimate of drug-likeness (QED) is 0.784. The Morgan fingerprint density at radius 1 is 1.24 bits per heavy atom. The van der Waals surface area contributed by atoms with E-state index in [9.17, 15) is 0 Å². The van der Waals surface area contributed by atoms with Gasteiger partial charge in [0.25, 0.3) is 0 Å². The van der Waals surface area contributed by atoms with Crippen molar-refractivity contribution in [2.24, 2.45) is 0 Å². The highest BCUT2D eigenvalue weighted by atomic mass is 16.4. The summed E-state index contributed by atoms with van der Waals surface area (Å²) in [5.74, 6) is 3.10. The molecule has 1 fully saturated rings. The van der Waals surface area contributed by atoms with Crippen molar-refractivity contribution in [3.63, 3.8) is 0 Å². The van der Waals surface area contributed by atoms with Crippen molar-refractivity contribution in [1.82, 2.24) is 10.3 Å². The Hall–Kier alpha value is -1.61. The van der Waals surface area contributed by atoms with Gasteiger partial charge in [0.1, 0.15) is 5.76 Å². The molecule has 0 amide bonds. The van der Waals surface area contributed by atoms with Gasteiger partial charge in [-0.1, -0.05) is 44.2 Å². The van der Waals surface area contributed by atoms with E-state index in [1.54, 1.807) is 0 Å². The lowest BCUT2D eigenvalue weighted by Crippen LogP contribution is -2.23. The molecule has 1 heterocycles. The first kappa shape index (κ1) is 14.3. The Bertz CT molecular complexity index is 562. The predicted octanol–water partition coefficient (Wildman–Crippen LogP) is 3.88. The Kier molecular flexibility index (Phi) is 4.39. The van der Waals surface area contributed by atoms with E-state index in [0.29, 0.717) is 17.9 Å². The van der Waals surface area contributed by atoms with Crippen LogP contribution in [0.15, 0.2) is 40.9 Å². The summed E-state index contributed by atoms with van der Waals surface area (Å²) in [5, 5.41) is 3.42. The lowest BCUT2D eigenvalue weighted by Gasteiger charge is -2.05.